The van der Waals surface area contributed by atoms with Gasteiger partial charge in [-0.05, 0) is 35.9 Å². The molecule has 1 atom stereocenters. The second-order valence-electron chi connectivity index (χ2n) is 4.48. The molecule has 3 rings (SSSR count). The number of rotatable bonds is 4. The van der Waals surface area contributed by atoms with E-state index in [1.54, 1.807) is 18.6 Å². The summed E-state index contributed by atoms with van der Waals surface area (Å²) in [7, 11) is 0. The lowest BCUT2D eigenvalue weighted by Gasteiger charge is -2.17. The fraction of sp³-hybridized carbons (Fsp3) is 0.125. The number of hydrogen-bond acceptors (Lipinski definition) is 4. The molecule has 0 bridgehead atoms. The summed E-state index contributed by atoms with van der Waals surface area (Å²) in [4.78, 5) is 8.33. The van der Waals surface area contributed by atoms with Crippen molar-refractivity contribution in [2.45, 2.75) is 6.10 Å². The number of hydrogen-bond donors (Lipinski definition) is 1. The number of ether oxygens (including phenoxy) is 1. The van der Waals surface area contributed by atoms with Crippen LogP contribution in [0, 0.1) is 0 Å². The summed E-state index contributed by atoms with van der Waals surface area (Å²) in [5, 5.41) is 1.09. The number of nitrogens with zero attached hydrogens (tertiary/aromatic N) is 2. The molecule has 0 radical (unpaired) electrons. The van der Waals surface area contributed by atoms with Gasteiger partial charge >= 0.3 is 0 Å². The van der Waals surface area contributed by atoms with Crippen LogP contribution >= 0.6 is 0 Å². The van der Waals surface area contributed by atoms with Gasteiger partial charge in [0.05, 0.1) is 5.52 Å². The average molecular weight is 265 g/mol. The molecule has 0 aliphatic rings. The predicted molar refractivity (Wildman–Crippen MR) is 78.4 cm³/mol. The topological polar surface area (TPSA) is 61.0 Å². The molecule has 100 valence electrons. The van der Waals surface area contributed by atoms with Crippen molar-refractivity contribution >= 4 is 10.9 Å². The van der Waals surface area contributed by atoms with Gasteiger partial charge in [-0.1, -0.05) is 6.07 Å². The largest absolute Gasteiger partial charge is 0.484 e. The third-order valence-corrected chi connectivity index (χ3v) is 3.15. The first kappa shape index (κ1) is 12.6. The van der Waals surface area contributed by atoms with Gasteiger partial charge in [0, 0.05) is 36.6 Å². The number of benzene rings is 1. The van der Waals surface area contributed by atoms with E-state index in [1.165, 1.54) is 0 Å². The smallest absolute Gasteiger partial charge is 0.136 e. The van der Waals surface area contributed by atoms with Crippen LogP contribution in [0.3, 0.4) is 0 Å². The van der Waals surface area contributed by atoms with Crippen molar-refractivity contribution in [2.75, 3.05) is 6.54 Å². The van der Waals surface area contributed by atoms with Crippen LogP contribution in [0.2, 0.25) is 0 Å². The van der Waals surface area contributed by atoms with Crippen LogP contribution < -0.4 is 10.5 Å². The fourth-order valence-corrected chi connectivity index (χ4v) is 2.11. The molecular weight excluding hydrogens is 250 g/mol. The second kappa shape index (κ2) is 5.67. The first-order valence-electron chi connectivity index (χ1n) is 6.48. The van der Waals surface area contributed by atoms with E-state index in [9.17, 15) is 0 Å². The zero-order valence-electron chi connectivity index (χ0n) is 10.9. The summed E-state index contributed by atoms with van der Waals surface area (Å²) in [6, 6.07) is 13.6. The molecule has 0 aliphatic carbocycles. The molecule has 20 heavy (non-hydrogen) atoms. The summed E-state index contributed by atoms with van der Waals surface area (Å²) in [5.41, 5.74) is 7.73. The number of fused-ring (bicyclic) bond motifs is 1. The van der Waals surface area contributed by atoms with Gasteiger partial charge in [0.1, 0.15) is 11.9 Å². The normalized spacial score (nSPS) is 12.2. The molecule has 0 aliphatic heterocycles. The van der Waals surface area contributed by atoms with Crippen molar-refractivity contribution in [3.63, 3.8) is 0 Å². The highest BCUT2D eigenvalue weighted by atomic mass is 16.5. The minimum Gasteiger partial charge on any atom is -0.484 e. The van der Waals surface area contributed by atoms with Crippen LogP contribution in [0.4, 0.5) is 0 Å². The molecule has 1 unspecified atom stereocenters. The van der Waals surface area contributed by atoms with E-state index < -0.39 is 0 Å². The monoisotopic (exact) mass is 265 g/mol. The number of nitrogens with two attached hydrogens (primary N) is 1. The summed E-state index contributed by atoms with van der Waals surface area (Å²) in [5.74, 6) is 0.767. The van der Waals surface area contributed by atoms with Gasteiger partial charge in [0.2, 0.25) is 0 Å². The van der Waals surface area contributed by atoms with Crippen molar-refractivity contribution in [2.24, 2.45) is 5.73 Å². The third kappa shape index (κ3) is 2.60. The van der Waals surface area contributed by atoms with Gasteiger partial charge in [-0.3, -0.25) is 9.97 Å². The summed E-state index contributed by atoms with van der Waals surface area (Å²) < 4.78 is 5.97. The van der Waals surface area contributed by atoms with Gasteiger partial charge in [0.15, 0.2) is 0 Å². The van der Waals surface area contributed by atoms with Gasteiger partial charge in [0.25, 0.3) is 0 Å². The maximum Gasteiger partial charge on any atom is 0.136 e. The highest BCUT2D eigenvalue weighted by molar-refractivity contribution is 5.79. The molecule has 2 N–H and O–H groups in total. The van der Waals surface area contributed by atoms with Gasteiger partial charge in [-0.15, -0.1) is 0 Å². The average Bonchev–Trinajstić information content (AvgIpc) is 2.53. The Hall–Kier alpha value is -2.46. The number of pyridine rings is 2. The molecule has 0 spiro atoms. The first-order chi connectivity index (χ1) is 9.86. The van der Waals surface area contributed by atoms with Gasteiger partial charge in [-0.2, -0.15) is 0 Å². The molecule has 3 aromatic rings. The Labute approximate surface area is 117 Å². The Morgan fingerprint density at radius 2 is 1.90 bits per heavy atom. The van der Waals surface area contributed by atoms with Crippen molar-refractivity contribution in [1.82, 2.24) is 9.97 Å². The SMILES string of the molecule is NCC(Oc1ccc2cccnc2c1)c1ccncc1. The van der Waals surface area contributed by atoms with E-state index in [1.807, 2.05) is 42.5 Å². The molecule has 1 aromatic carbocycles. The molecule has 0 amide bonds. The maximum absolute atomic E-state index is 5.97. The molecule has 0 saturated carbocycles. The van der Waals surface area contributed by atoms with Crippen LogP contribution in [0.5, 0.6) is 5.75 Å². The van der Waals surface area contributed by atoms with Crippen LogP contribution in [0.25, 0.3) is 10.9 Å². The molecule has 0 fully saturated rings. The lowest BCUT2D eigenvalue weighted by atomic mass is 10.1. The Morgan fingerprint density at radius 1 is 1.05 bits per heavy atom. The summed E-state index contributed by atoms with van der Waals surface area (Å²) in [6.07, 6.45) is 5.07. The van der Waals surface area contributed by atoms with Crippen molar-refractivity contribution < 1.29 is 4.74 Å². The highest BCUT2D eigenvalue weighted by Gasteiger charge is 2.11. The van der Waals surface area contributed by atoms with Gasteiger partial charge in [-0.25, -0.2) is 0 Å². The lowest BCUT2D eigenvalue weighted by Crippen LogP contribution is -2.18. The Kier molecular flexibility index (Phi) is 3.56. The quantitative estimate of drug-likeness (QED) is 0.788. The minimum absolute atomic E-state index is 0.181. The van der Waals surface area contributed by atoms with Crippen molar-refractivity contribution in [3.8, 4) is 5.75 Å². The Balaban J connectivity index is 1.87. The van der Waals surface area contributed by atoms with Crippen LogP contribution in [-0.4, -0.2) is 16.5 Å². The van der Waals surface area contributed by atoms with E-state index >= 15 is 0 Å². The lowest BCUT2D eigenvalue weighted by molar-refractivity contribution is 0.214. The molecule has 4 nitrogen and oxygen atoms in total. The summed E-state index contributed by atoms with van der Waals surface area (Å²) in [6.45, 7) is 0.407. The second-order valence-corrected chi connectivity index (χ2v) is 4.48. The van der Waals surface area contributed by atoms with Gasteiger partial charge < -0.3 is 10.5 Å². The van der Waals surface area contributed by atoms with Crippen molar-refractivity contribution in [3.05, 3.63) is 66.6 Å². The van der Waals surface area contributed by atoms with E-state index in [2.05, 4.69) is 9.97 Å². The zero-order chi connectivity index (χ0) is 13.8. The fourth-order valence-electron chi connectivity index (χ4n) is 2.11. The highest BCUT2D eigenvalue weighted by Crippen LogP contribution is 2.24. The van der Waals surface area contributed by atoms with Crippen LogP contribution in [0.1, 0.15) is 11.7 Å². The molecule has 0 saturated heterocycles. The van der Waals surface area contributed by atoms with E-state index in [-0.39, 0.29) is 6.10 Å². The Morgan fingerprint density at radius 3 is 2.70 bits per heavy atom. The standard InChI is InChI=1S/C16H15N3O/c17-11-16(13-5-8-18-9-6-13)20-14-4-3-12-2-1-7-19-15(12)10-14/h1-10,16H,11,17H2. The first-order valence-corrected chi connectivity index (χ1v) is 6.48. The van der Waals surface area contributed by atoms with Crippen LogP contribution in [-0.2, 0) is 0 Å². The van der Waals surface area contributed by atoms with Crippen molar-refractivity contribution in [1.29, 1.82) is 0 Å². The molecular formula is C16H15N3O. The minimum atomic E-state index is -0.181. The molecule has 2 aromatic heterocycles. The zero-order valence-corrected chi connectivity index (χ0v) is 10.9. The Bertz CT molecular complexity index is 700. The molecule has 2 heterocycles. The summed E-state index contributed by atoms with van der Waals surface area (Å²) >= 11 is 0. The van der Waals surface area contributed by atoms with E-state index in [4.69, 9.17) is 10.5 Å². The van der Waals surface area contributed by atoms with E-state index in [0.717, 1.165) is 22.2 Å². The third-order valence-electron chi connectivity index (χ3n) is 3.15. The predicted octanol–water partition coefficient (Wildman–Crippen LogP) is 2.71. The van der Waals surface area contributed by atoms with Crippen LogP contribution in [0.15, 0.2) is 61.1 Å². The maximum atomic E-state index is 5.97. The van der Waals surface area contributed by atoms with E-state index in [0.29, 0.717) is 6.54 Å². The molecule has 4 heteroatoms. The number of aromatic nitrogens is 2.